The molecule has 2 N–H and O–H groups in total. The first kappa shape index (κ1) is 16.8. The average molecular weight is 334 g/mol. The smallest absolute Gasteiger partial charge is 0.225 e. The first-order valence-corrected chi connectivity index (χ1v) is 9.79. The lowest BCUT2D eigenvalue weighted by Crippen LogP contribution is -2.32. The zero-order valence-corrected chi connectivity index (χ0v) is 14.8. The van der Waals surface area contributed by atoms with E-state index in [1.165, 1.54) is 36.6 Å². The van der Waals surface area contributed by atoms with Crippen LogP contribution in [0.5, 0.6) is 0 Å². The van der Waals surface area contributed by atoms with Gasteiger partial charge in [-0.1, -0.05) is 12.1 Å². The Balaban J connectivity index is 1.54. The Morgan fingerprint density at radius 3 is 2.91 bits per heavy atom. The number of nitrogens with one attached hydrogen (secondary N) is 2. The Hall–Kier alpha value is -1.04. The molecular weight excluding hydrogens is 306 g/mol. The van der Waals surface area contributed by atoms with Gasteiger partial charge >= 0.3 is 0 Å². The van der Waals surface area contributed by atoms with Crippen LogP contribution in [0.25, 0.3) is 0 Å². The topological polar surface area (TPSA) is 44.4 Å². The van der Waals surface area contributed by atoms with Crippen LogP contribution in [0.1, 0.15) is 30.4 Å². The molecule has 0 radical (unpaired) electrons. The second kappa shape index (κ2) is 8.18. The zero-order chi connectivity index (χ0) is 16.1. The number of hydrogen-bond acceptors (Lipinski definition) is 4. The van der Waals surface area contributed by atoms with E-state index < -0.39 is 0 Å². The van der Waals surface area contributed by atoms with Crippen molar-refractivity contribution in [2.24, 2.45) is 0 Å². The first-order chi connectivity index (χ1) is 11.2. The molecule has 0 saturated carbocycles. The summed E-state index contributed by atoms with van der Waals surface area (Å²) in [4.78, 5) is 14.7. The van der Waals surface area contributed by atoms with Crippen LogP contribution in [0, 0.1) is 6.92 Å². The third-order valence-corrected chi connectivity index (χ3v) is 5.61. The Kier molecular flexibility index (Phi) is 5.97. The maximum atomic E-state index is 12.2. The molecule has 2 saturated heterocycles. The maximum absolute atomic E-state index is 12.2. The van der Waals surface area contributed by atoms with Crippen LogP contribution < -0.4 is 10.6 Å². The van der Waals surface area contributed by atoms with Crippen LogP contribution in [0.3, 0.4) is 0 Å². The standard InChI is InChI=1S/C18H27N3OS/c1-14-11-15(13-21-7-9-23-10-8-21)4-5-17(14)20-18(22)12-16-3-2-6-19-16/h4-5,11,16,19H,2-3,6-10,12-13H2,1H3,(H,20,22). The van der Waals surface area contributed by atoms with E-state index in [4.69, 9.17) is 0 Å². The lowest BCUT2D eigenvalue weighted by atomic mass is 10.1. The highest BCUT2D eigenvalue weighted by molar-refractivity contribution is 7.99. The molecule has 1 atom stereocenters. The normalized spacial score (nSPS) is 22.2. The number of amides is 1. The quantitative estimate of drug-likeness (QED) is 0.869. The first-order valence-electron chi connectivity index (χ1n) is 8.63. The van der Waals surface area contributed by atoms with E-state index in [1.807, 2.05) is 11.8 Å². The van der Waals surface area contributed by atoms with Crippen molar-refractivity contribution in [2.75, 3.05) is 36.5 Å². The van der Waals surface area contributed by atoms with Crippen molar-refractivity contribution in [3.05, 3.63) is 29.3 Å². The molecule has 126 valence electrons. The summed E-state index contributed by atoms with van der Waals surface area (Å²) in [5.41, 5.74) is 3.44. The van der Waals surface area contributed by atoms with Gasteiger partial charge in [0.05, 0.1) is 0 Å². The summed E-state index contributed by atoms with van der Waals surface area (Å²) < 4.78 is 0. The number of rotatable bonds is 5. The van der Waals surface area contributed by atoms with Crippen molar-refractivity contribution in [1.82, 2.24) is 10.2 Å². The Bertz CT molecular complexity index is 537. The number of hydrogen-bond donors (Lipinski definition) is 2. The molecular formula is C18H27N3OS. The molecule has 1 amide bonds. The minimum atomic E-state index is 0.119. The van der Waals surface area contributed by atoms with E-state index in [0.29, 0.717) is 12.5 Å². The molecule has 4 nitrogen and oxygen atoms in total. The number of carbonyl (C=O) groups excluding carboxylic acids is 1. The van der Waals surface area contributed by atoms with Crippen molar-refractivity contribution >= 4 is 23.4 Å². The SMILES string of the molecule is Cc1cc(CN2CCSCC2)ccc1NC(=O)CC1CCCN1. The minimum absolute atomic E-state index is 0.119. The predicted molar refractivity (Wildman–Crippen MR) is 98.1 cm³/mol. The van der Waals surface area contributed by atoms with Crippen LogP contribution in [-0.4, -0.2) is 48.0 Å². The number of benzene rings is 1. The highest BCUT2D eigenvalue weighted by Crippen LogP contribution is 2.20. The van der Waals surface area contributed by atoms with E-state index in [9.17, 15) is 4.79 Å². The molecule has 0 bridgehead atoms. The molecule has 5 heteroatoms. The fourth-order valence-corrected chi connectivity index (χ4v) is 4.32. The van der Waals surface area contributed by atoms with E-state index in [-0.39, 0.29) is 5.91 Å². The third-order valence-electron chi connectivity index (χ3n) is 4.67. The summed E-state index contributed by atoms with van der Waals surface area (Å²) in [5.74, 6) is 2.60. The van der Waals surface area contributed by atoms with Gasteiger partial charge in [-0.25, -0.2) is 0 Å². The summed E-state index contributed by atoms with van der Waals surface area (Å²) >= 11 is 2.04. The molecule has 2 aliphatic heterocycles. The second-order valence-corrected chi connectivity index (χ2v) is 7.81. The number of anilines is 1. The predicted octanol–water partition coefficient (Wildman–Crippen LogP) is 2.62. The minimum Gasteiger partial charge on any atom is -0.326 e. The molecule has 3 rings (SSSR count). The summed E-state index contributed by atoms with van der Waals surface area (Å²) in [6.45, 7) is 6.49. The highest BCUT2D eigenvalue weighted by atomic mass is 32.2. The van der Waals surface area contributed by atoms with Gasteiger partial charge < -0.3 is 10.6 Å². The molecule has 0 spiro atoms. The van der Waals surface area contributed by atoms with Gasteiger partial charge in [-0.3, -0.25) is 9.69 Å². The molecule has 23 heavy (non-hydrogen) atoms. The lowest BCUT2D eigenvalue weighted by molar-refractivity contribution is -0.116. The Labute approximate surface area is 143 Å². The summed E-state index contributed by atoms with van der Waals surface area (Å²) in [6, 6.07) is 6.78. The van der Waals surface area contributed by atoms with Crippen molar-refractivity contribution in [3.8, 4) is 0 Å². The summed E-state index contributed by atoms with van der Waals surface area (Å²) in [7, 11) is 0. The lowest BCUT2D eigenvalue weighted by Gasteiger charge is -2.26. The van der Waals surface area contributed by atoms with Gasteiger partial charge in [0.1, 0.15) is 0 Å². The summed E-state index contributed by atoms with van der Waals surface area (Å²) in [5, 5.41) is 6.45. The van der Waals surface area contributed by atoms with Gasteiger partial charge in [-0.05, 0) is 43.5 Å². The Morgan fingerprint density at radius 2 is 2.22 bits per heavy atom. The molecule has 2 fully saturated rings. The van der Waals surface area contributed by atoms with Crippen molar-refractivity contribution in [2.45, 2.75) is 38.8 Å². The van der Waals surface area contributed by atoms with Crippen LogP contribution in [0.15, 0.2) is 18.2 Å². The molecule has 0 aromatic heterocycles. The van der Waals surface area contributed by atoms with Crippen molar-refractivity contribution in [1.29, 1.82) is 0 Å². The van der Waals surface area contributed by atoms with Gasteiger partial charge in [-0.15, -0.1) is 0 Å². The molecule has 0 aliphatic carbocycles. The fraction of sp³-hybridized carbons (Fsp3) is 0.611. The van der Waals surface area contributed by atoms with E-state index in [0.717, 1.165) is 30.8 Å². The van der Waals surface area contributed by atoms with Gasteiger partial charge in [0, 0.05) is 49.3 Å². The third kappa shape index (κ3) is 4.96. The number of carbonyl (C=O) groups is 1. The average Bonchev–Trinajstić information content (AvgIpc) is 3.04. The molecule has 2 heterocycles. The van der Waals surface area contributed by atoms with E-state index in [1.54, 1.807) is 0 Å². The van der Waals surface area contributed by atoms with Gasteiger partial charge in [0.2, 0.25) is 5.91 Å². The summed E-state index contributed by atoms with van der Waals surface area (Å²) in [6.07, 6.45) is 2.87. The van der Waals surface area contributed by atoms with Crippen LogP contribution in [0.4, 0.5) is 5.69 Å². The zero-order valence-electron chi connectivity index (χ0n) is 13.9. The van der Waals surface area contributed by atoms with Crippen LogP contribution >= 0.6 is 11.8 Å². The van der Waals surface area contributed by atoms with Gasteiger partial charge in [-0.2, -0.15) is 11.8 Å². The second-order valence-electron chi connectivity index (χ2n) is 6.58. The van der Waals surface area contributed by atoms with E-state index in [2.05, 4.69) is 40.7 Å². The van der Waals surface area contributed by atoms with Crippen LogP contribution in [0.2, 0.25) is 0 Å². The maximum Gasteiger partial charge on any atom is 0.225 e. The fourth-order valence-electron chi connectivity index (χ4n) is 3.34. The molecule has 1 aromatic rings. The van der Waals surface area contributed by atoms with Crippen LogP contribution in [-0.2, 0) is 11.3 Å². The monoisotopic (exact) mass is 333 g/mol. The molecule has 1 aromatic carbocycles. The van der Waals surface area contributed by atoms with Crippen molar-refractivity contribution < 1.29 is 4.79 Å². The van der Waals surface area contributed by atoms with Gasteiger partial charge in [0.25, 0.3) is 0 Å². The number of aryl methyl sites for hydroxylation is 1. The highest BCUT2D eigenvalue weighted by Gasteiger charge is 2.18. The molecule has 2 aliphatic rings. The molecule has 1 unspecified atom stereocenters. The van der Waals surface area contributed by atoms with Gasteiger partial charge in [0.15, 0.2) is 0 Å². The van der Waals surface area contributed by atoms with Crippen molar-refractivity contribution in [3.63, 3.8) is 0 Å². The number of nitrogens with zero attached hydrogens (tertiary/aromatic N) is 1. The largest absolute Gasteiger partial charge is 0.326 e. The van der Waals surface area contributed by atoms with E-state index >= 15 is 0 Å². The Morgan fingerprint density at radius 1 is 1.39 bits per heavy atom. The number of thioether (sulfide) groups is 1.